The van der Waals surface area contributed by atoms with Gasteiger partial charge in [0.2, 0.25) is 0 Å². The van der Waals surface area contributed by atoms with Gasteiger partial charge in [0.1, 0.15) is 5.54 Å². The molecule has 2 amide bonds. The monoisotopic (exact) mass is 386 g/mol. The third kappa shape index (κ3) is 3.53. The van der Waals surface area contributed by atoms with Crippen molar-refractivity contribution in [3.63, 3.8) is 0 Å². The number of hydrogen-bond donors (Lipinski definition) is 1. The molecule has 0 radical (unpaired) electrons. The number of carbonyl (C=O) groups excluding carboxylic acids is 3. The van der Waals surface area contributed by atoms with Crippen LogP contribution < -0.4 is 5.32 Å². The van der Waals surface area contributed by atoms with Crippen LogP contribution >= 0.6 is 11.6 Å². The van der Waals surface area contributed by atoms with Crippen LogP contribution in [0.15, 0.2) is 42.5 Å². The summed E-state index contributed by atoms with van der Waals surface area (Å²) in [6.45, 7) is 3.46. The van der Waals surface area contributed by atoms with E-state index in [9.17, 15) is 14.4 Å². The fourth-order valence-corrected chi connectivity index (χ4v) is 3.21. The Morgan fingerprint density at radius 1 is 1.11 bits per heavy atom. The molecule has 1 aliphatic rings. The van der Waals surface area contributed by atoms with E-state index in [0.717, 1.165) is 0 Å². The molecule has 2 aromatic carbocycles. The molecule has 1 N–H and O–H groups in total. The molecule has 1 aliphatic heterocycles. The Balaban J connectivity index is 1.79. The molecule has 7 heteroatoms. The van der Waals surface area contributed by atoms with Crippen LogP contribution in [0.5, 0.6) is 0 Å². The highest BCUT2D eigenvalue weighted by atomic mass is 35.5. The maximum atomic E-state index is 12.5. The lowest BCUT2D eigenvalue weighted by molar-refractivity contribution is -0.144. The summed E-state index contributed by atoms with van der Waals surface area (Å²) in [5.74, 6) is -1.07. The number of esters is 1. The molecule has 0 aliphatic carbocycles. The van der Waals surface area contributed by atoms with Crippen molar-refractivity contribution in [3.05, 3.63) is 64.2 Å². The first kappa shape index (κ1) is 18.9. The number of rotatable bonds is 5. The second kappa shape index (κ2) is 7.04. The first-order chi connectivity index (χ1) is 12.7. The predicted octanol–water partition coefficient (Wildman–Crippen LogP) is 3.50. The molecule has 3 rings (SSSR count). The number of methoxy groups -OCH3 is 1. The Labute approximate surface area is 162 Å². The third-order valence-corrected chi connectivity index (χ3v) is 4.76. The van der Waals surface area contributed by atoms with Crippen LogP contribution in [0.2, 0.25) is 5.02 Å². The number of nitrogens with one attached hydrogen (secondary N) is 1. The molecule has 0 fully saturated rings. The number of ether oxygens (including phenoxy) is 1. The molecule has 0 unspecified atom stereocenters. The van der Waals surface area contributed by atoms with Crippen molar-refractivity contribution < 1.29 is 19.1 Å². The van der Waals surface area contributed by atoms with Crippen LogP contribution in [0.4, 0.5) is 5.69 Å². The molecule has 1 heterocycles. The standard InChI is InChI=1S/C20H19ClN2O4/c1-20(2,19(26)27-3)22-13-9-8-12(16(21)10-13)11-23-17(24)14-6-4-5-7-15(14)18(23)25/h4-10,22H,11H2,1-3H3. The molecule has 27 heavy (non-hydrogen) atoms. The van der Waals surface area contributed by atoms with E-state index in [1.165, 1.54) is 12.0 Å². The van der Waals surface area contributed by atoms with Crippen LogP contribution in [-0.2, 0) is 16.1 Å². The zero-order valence-electron chi connectivity index (χ0n) is 15.2. The molecule has 0 bridgehead atoms. The second-order valence-corrected chi connectivity index (χ2v) is 7.20. The van der Waals surface area contributed by atoms with Crippen LogP contribution in [-0.4, -0.2) is 35.3 Å². The number of halogens is 1. The van der Waals surface area contributed by atoms with E-state index in [4.69, 9.17) is 16.3 Å². The molecule has 6 nitrogen and oxygen atoms in total. The summed E-state index contributed by atoms with van der Waals surface area (Å²) >= 11 is 6.35. The SMILES string of the molecule is COC(=O)C(C)(C)Nc1ccc(CN2C(=O)c3ccccc3C2=O)c(Cl)c1. The van der Waals surface area contributed by atoms with Gasteiger partial charge < -0.3 is 10.1 Å². The highest BCUT2D eigenvalue weighted by Crippen LogP contribution is 2.28. The smallest absolute Gasteiger partial charge is 0.330 e. The Bertz CT molecular complexity index is 904. The van der Waals surface area contributed by atoms with E-state index in [-0.39, 0.29) is 18.4 Å². The summed E-state index contributed by atoms with van der Waals surface area (Å²) in [5, 5.41) is 3.44. The molecular formula is C20H19ClN2O4. The fraction of sp³-hybridized carbons (Fsp3) is 0.250. The minimum Gasteiger partial charge on any atom is -0.467 e. The number of benzene rings is 2. The number of hydrogen-bond acceptors (Lipinski definition) is 5. The first-order valence-corrected chi connectivity index (χ1v) is 8.72. The molecule has 2 aromatic rings. The van der Waals surface area contributed by atoms with Gasteiger partial charge in [-0.1, -0.05) is 29.8 Å². The average molecular weight is 387 g/mol. The van der Waals surface area contributed by atoms with Crippen molar-refractivity contribution in [1.82, 2.24) is 4.90 Å². The zero-order chi connectivity index (χ0) is 19.8. The normalized spacial score (nSPS) is 13.6. The molecule has 0 saturated heterocycles. The minimum absolute atomic E-state index is 0.0753. The van der Waals surface area contributed by atoms with Gasteiger partial charge in [0, 0.05) is 10.7 Å². The van der Waals surface area contributed by atoms with Gasteiger partial charge in [0.15, 0.2) is 0 Å². The summed E-state index contributed by atoms with van der Waals surface area (Å²) in [7, 11) is 1.32. The summed E-state index contributed by atoms with van der Waals surface area (Å²) < 4.78 is 4.77. The molecule has 0 atom stereocenters. The van der Waals surface area contributed by atoms with E-state index in [2.05, 4.69) is 5.32 Å². The Morgan fingerprint density at radius 3 is 2.22 bits per heavy atom. The topological polar surface area (TPSA) is 75.7 Å². The van der Waals surface area contributed by atoms with Gasteiger partial charge in [0.25, 0.3) is 11.8 Å². The summed E-state index contributed by atoms with van der Waals surface area (Å²) in [6, 6.07) is 11.8. The number of carbonyl (C=O) groups is 3. The van der Waals surface area contributed by atoms with E-state index in [1.807, 2.05) is 0 Å². The van der Waals surface area contributed by atoms with Crippen molar-refractivity contribution in [2.75, 3.05) is 12.4 Å². The lowest BCUT2D eigenvalue weighted by Crippen LogP contribution is -2.41. The number of nitrogens with zero attached hydrogens (tertiary/aromatic N) is 1. The van der Waals surface area contributed by atoms with Gasteiger partial charge in [-0.2, -0.15) is 0 Å². The Morgan fingerprint density at radius 2 is 1.70 bits per heavy atom. The number of fused-ring (bicyclic) bond motifs is 1. The highest BCUT2D eigenvalue weighted by Gasteiger charge is 2.35. The van der Waals surface area contributed by atoms with Gasteiger partial charge in [-0.05, 0) is 43.7 Å². The molecule has 0 spiro atoms. The van der Waals surface area contributed by atoms with Crippen LogP contribution in [0.3, 0.4) is 0 Å². The third-order valence-electron chi connectivity index (χ3n) is 4.41. The minimum atomic E-state index is -0.928. The highest BCUT2D eigenvalue weighted by molar-refractivity contribution is 6.31. The van der Waals surface area contributed by atoms with E-state index < -0.39 is 11.5 Å². The second-order valence-electron chi connectivity index (χ2n) is 6.79. The first-order valence-electron chi connectivity index (χ1n) is 8.35. The van der Waals surface area contributed by atoms with Crippen LogP contribution in [0.25, 0.3) is 0 Å². The summed E-state index contributed by atoms with van der Waals surface area (Å²) in [6.07, 6.45) is 0. The van der Waals surface area contributed by atoms with Crippen molar-refractivity contribution in [2.24, 2.45) is 0 Å². The van der Waals surface area contributed by atoms with Crippen molar-refractivity contribution >= 4 is 35.1 Å². The van der Waals surface area contributed by atoms with Crippen molar-refractivity contribution in [1.29, 1.82) is 0 Å². The molecule has 0 saturated carbocycles. The van der Waals surface area contributed by atoms with Gasteiger partial charge in [0.05, 0.1) is 24.8 Å². The predicted molar refractivity (Wildman–Crippen MR) is 102 cm³/mol. The fourth-order valence-electron chi connectivity index (χ4n) is 2.97. The summed E-state index contributed by atoms with van der Waals surface area (Å²) in [5.41, 5.74) is 1.13. The van der Waals surface area contributed by atoms with Crippen LogP contribution in [0.1, 0.15) is 40.1 Å². The van der Waals surface area contributed by atoms with E-state index in [1.54, 1.807) is 56.3 Å². The number of amides is 2. The molecule has 0 aromatic heterocycles. The maximum Gasteiger partial charge on any atom is 0.330 e. The zero-order valence-corrected chi connectivity index (χ0v) is 16.0. The molecule has 140 valence electrons. The quantitative estimate of drug-likeness (QED) is 0.628. The summed E-state index contributed by atoms with van der Waals surface area (Å²) in [4.78, 5) is 37.9. The number of anilines is 1. The van der Waals surface area contributed by atoms with E-state index in [0.29, 0.717) is 27.4 Å². The van der Waals surface area contributed by atoms with Crippen LogP contribution in [0, 0.1) is 0 Å². The largest absolute Gasteiger partial charge is 0.467 e. The van der Waals surface area contributed by atoms with Gasteiger partial charge in [-0.3, -0.25) is 14.5 Å². The lowest BCUT2D eigenvalue weighted by atomic mass is 10.1. The van der Waals surface area contributed by atoms with Gasteiger partial charge in [-0.25, -0.2) is 4.79 Å². The Kier molecular flexibility index (Phi) is 4.93. The van der Waals surface area contributed by atoms with E-state index >= 15 is 0 Å². The Hall–Kier alpha value is -2.86. The number of imide groups is 1. The van der Waals surface area contributed by atoms with Gasteiger partial charge in [-0.15, -0.1) is 0 Å². The maximum absolute atomic E-state index is 12.5. The van der Waals surface area contributed by atoms with Crippen molar-refractivity contribution in [3.8, 4) is 0 Å². The van der Waals surface area contributed by atoms with Crippen molar-refractivity contribution in [2.45, 2.75) is 25.9 Å². The molecular weight excluding hydrogens is 368 g/mol. The van der Waals surface area contributed by atoms with Gasteiger partial charge >= 0.3 is 5.97 Å². The lowest BCUT2D eigenvalue weighted by Gasteiger charge is -2.25. The average Bonchev–Trinajstić information content (AvgIpc) is 2.88.